The van der Waals surface area contributed by atoms with Crippen LogP contribution in [0.5, 0.6) is 0 Å². The van der Waals surface area contributed by atoms with Crippen molar-refractivity contribution in [2.45, 2.75) is 0 Å². The number of hydrogen-bond acceptors (Lipinski definition) is 2. The second-order valence-electron chi connectivity index (χ2n) is 2.96. The molecule has 0 radical (unpaired) electrons. The number of nitrogens with one attached hydrogen (secondary N) is 1. The summed E-state index contributed by atoms with van der Waals surface area (Å²) in [5, 5.41) is 2.08. The van der Waals surface area contributed by atoms with Crippen molar-refractivity contribution in [3.05, 3.63) is 36.7 Å². The molecule has 0 saturated heterocycles. The highest BCUT2D eigenvalue weighted by molar-refractivity contribution is 7.85. The van der Waals surface area contributed by atoms with Gasteiger partial charge in [-0.25, -0.2) is 4.21 Å². The molecule has 0 bridgehead atoms. The molecule has 0 saturated carbocycles. The van der Waals surface area contributed by atoms with Gasteiger partial charge in [-0.3, -0.25) is 4.98 Å². The Labute approximate surface area is 84.8 Å². The van der Waals surface area contributed by atoms with E-state index in [4.69, 9.17) is 0 Å². The molecule has 0 fully saturated rings. The average molecular weight is 206 g/mol. The van der Waals surface area contributed by atoms with E-state index in [-0.39, 0.29) is 0 Å². The number of anilines is 1. The van der Waals surface area contributed by atoms with Gasteiger partial charge in [0.1, 0.15) is 11.0 Å². The number of nitrogens with zero attached hydrogens (tertiary/aromatic N) is 1. The molecule has 14 heavy (non-hydrogen) atoms. The molecular formula is C10H10N2OS. The molecule has 1 aromatic carbocycles. The van der Waals surface area contributed by atoms with Gasteiger partial charge in [0.15, 0.2) is 0 Å². The minimum atomic E-state index is -1.05. The van der Waals surface area contributed by atoms with Crippen molar-refractivity contribution in [2.24, 2.45) is 0 Å². The molecule has 0 aliphatic rings. The van der Waals surface area contributed by atoms with Crippen LogP contribution in [-0.2, 0) is 11.0 Å². The number of aromatic nitrogens is 1. The monoisotopic (exact) mass is 206 g/mol. The van der Waals surface area contributed by atoms with E-state index in [0.29, 0.717) is 0 Å². The average Bonchev–Trinajstić information content (AvgIpc) is 2.18. The van der Waals surface area contributed by atoms with Crippen LogP contribution in [-0.4, -0.2) is 15.4 Å². The number of pyridine rings is 1. The van der Waals surface area contributed by atoms with Crippen molar-refractivity contribution in [1.29, 1.82) is 0 Å². The van der Waals surface area contributed by atoms with Crippen molar-refractivity contribution >= 4 is 27.4 Å². The van der Waals surface area contributed by atoms with Crippen LogP contribution in [0.2, 0.25) is 0 Å². The third-order valence-corrected chi connectivity index (χ3v) is 2.44. The van der Waals surface area contributed by atoms with E-state index in [1.807, 2.05) is 24.3 Å². The maximum absolute atomic E-state index is 11.0. The highest BCUT2D eigenvalue weighted by atomic mass is 32.2. The van der Waals surface area contributed by atoms with Crippen LogP contribution in [0.1, 0.15) is 0 Å². The molecule has 2 aromatic rings. The summed E-state index contributed by atoms with van der Waals surface area (Å²) in [5.41, 5.74) is 0.858. The first-order valence-corrected chi connectivity index (χ1v) is 5.76. The maximum Gasteiger partial charge on any atom is 0.113 e. The molecule has 1 atom stereocenters. The summed E-state index contributed by atoms with van der Waals surface area (Å²) in [5.74, 6) is 0. The molecule has 2 rings (SSSR count). The highest BCUT2D eigenvalue weighted by Crippen LogP contribution is 2.21. The Kier molecular flexibility index (Phi) is 2.45. The smallest absolute Gasteiger partial charge is 0.113 e. The van der Waals surface area contributed by atoms with Gasteiger partial charge >= 0.3 is 0 Å². The zero-order valence-corrected chi connectivity index (χ0v) is 8.54. The first-order valence-electron chi connectivity index (χ1n) is 4.20. The van der Waals surface area contributed by atoms with Gasteiger partial charge in [0.2, 0.25) is 0 Å². The lowest BCUT2D eigenvalue weighted by atomic mass is 10.1. The maximum atomic E-state index is 11.0. The lowest BCUT2D eigenvalue weighted by molar-refractivity contribution is 0.690. The fraction of sp³-hybridized carbons (Fsp3) is 0.100. The van der Waals surface area contributed by atoms with Crippen LogP contribution >= 0.6 is 0 Å². The van der Waals surface area contributed by atoms with E-state index in [1.165, 1.54) is 0 Å². The summed E-state index contributed by atoms with van der Waals surface area (Å²) >= 11 is 0. The summed E-state index contributed by atoms with van der Waals surface area (Å²) in [6.07, 6.45) is 5.12. The summed E-state index contributed by atoms with van der Waals surface area (Å²) in [6.45, 7) is 0. The zero-order valence-electron chi connectivity index (χ0n) is 7.73. The molecule has 0 aliphatic carbocycles. The molecule has 72 valence electrons. The Morgan fingerprint density at radius 2 is 2.21 bits per heavy atom. The number of hydrogen-bond donors (Lipinski definition) is 1. The minimum absolute atomic E-state index is 0.858. The van der Waals surface area contributed by atoms with Gasteiger partial charge in [-0.15, -0.1) is 0 Å². The third-order valence-electron chi connectivity index (χ3n) is 1.94. The Balaban J connectivity index is 2.59. The second kappa shape index (κ2) is 3.75. The largest absolute Gasteiger partial charge is 0.305 e. The molecule has 1 heterocycles. The van der Waals surface area contributed by atoms with Crippen molar-refractivity contribution in [2.75, 3.05) is 11.0 Å². The molecule has 1 aromatic heterocycles. The SMILES string of the molecule is CS(=O)Nc1cccc2ccncc12. The topological polar surface area (TPSA) is 42.0 Å². The van der Waals surface area contributed by atoms with Crippen LogP contribution in [0, 0.1) is 0 Å². The summed E-state index contributed by atoms with van der Waals surface area (Å²) in [4.78, 5) is 4.04. The van der Waals surface area contributed by atoms with Gasteiger partial charge in [-0.2, -0.15) is 0 Å². The second-order valence-corrected chi connectivity index (χ2v) is 4.07. The van der Waals surface area contributed by atoms with Gasteiger partial charge in [0.25, 0.3) is 0 Å². The Bertz CT molecular complexity index is 479. The molecular weight excluding hydrogens is 196 g/mol. The first kappa shape index (κ1) is 9.15. The van der Waals surface area contributed by atoms with E-state index < -0.39 is 11.0 Å². The minimum Gasteiger partial charge on any atom is -0.305 e. The fourth-order valence-corrected chi connectivity index (χ4v) is 1.84. The summed E-state index contributed by atoms with van der Waals surface area (Å²) < 4.78 is 13.9. The van der Waals surface area contributed by atoms with Gasteiger partial charge < -0.3 is 4.72 Å². The number of rotatable bonds is 2. The quantitative estimate of drug-likeness (QED) is 0.816. The standard InChI is InChI=1S/C10H10N2OS/c1-14(13)12-10-4-2-3-8-5-6-11-7-9(8)10/h2-7,12H,1H3. The third kappa shape index (κ3) is 1.75. The van der Waals surface area contributed by atoms with E-state index in [2.05, 4.69) is 9.71 Å². The predicted molar refractivity (Wildman–Crippen MR) is 59.4 cm³/mol. The molecule has 3 nitrogen and oxygen atoms in total. The van der Waals surface area contributed by atoms with Crippen LogP contribution in [0.15, 0.2) is 36.7 Å². The predicted octanol–water partition coefficient (Wildman–Crippen LogP) is 1.94. The summed E-state index contributed by atoms with van der Waals surface area (Å²) in [7, 11) is -1.05. The van der Waals surface area contributed by atoms with E-state index >= 15 is 0 Å². The van der Waals surface area contributed by atoms with Crippen molar-refractivity contribution in [3.63, 3.8) is 0 Å². The molecule has 0 aliphatic heterocycles. The molecule has 1 N–H and O–H groups in total. The normalized spacial score (nSPS) is 12.6. The fourth-order valence-electron chi connectivity index (χ4n) is 1.36. The van der Waals surface area contributed by atoms with Gasteiger partial charge in [-0.05, 0) is 17.5 Å². The molecule has 0 spiro atoms. The zero-order chi connectivity index (χ0) is 9.97. The van der Waals surface area contributed by atoms with Crippen LogP contribution in [0.4, 0.5) is 5.69 Å². The number of benzene rings is 1. The van der Waals surface area contributed by atoms with E-state index in [9.17, 15) is 4.21 Å². The van der Waals surface area contributed by atoms with Gasteiger partial charge in [0, 0.05) is 24.0 Å². The lowest BCUT2D eigenvalue weighted by Crippen LogP contribution is -2.01. The van der Waals surface area contributed by atoms with Gasteiger partial charge in [-0.1, -0.05) is 12.1 Å². The van der Waals surface area contributed by atoms with Crippen LogP contribution in [0.25, 0.3) is 10.8 Å². The van der Waals surface area contributed by atoms with Crippen LogP contribution < -0.4 is 4.72 Å². The Morgan fingerprint density at radius 3 is 3.00 bits per heavy atom. The Hall–Kier alpha value is -1.42. The van der Waals surface area contributed by atoms with E-state index in [1.54, 1.807) is 18.6 Å². The number of fused-ring (bicyclic) bond motifs is 1. The molecule has 4 heteroatoms. The molecule has 1 unspecified atom stereocenters. The first-order chi connectivity index (χ1) is 6.77. The highest BCUT2D eigenvalue weighted by Gasteiger charge is 2.00. The van der Waals surface area contributed by atoms with Crippen molar-refractivity contribution < 1.29 is 4.21 Å². The van der Waals surface area contributed by atoms with Crippen LogP contribution in [0.3, 0.4) is 0 Å². The van der Waals surface area contributed by atoms with Gasteiger partial charge in [0.05, 0.1) is 5.69 Å². The molecule has 0 amide bonds. The van der Waals surface area contributed by atoms with Crippen molar-refractivity contribution in [3.8, 4) is 0 Å². The van der Waals surface area contributed by atoms with Crippen molar-refractivity contribution in [1.82, 2.24) is 4.98 Å². The van der Waals surface area contributed by atoms with E-state index in [0.717, 1.165) is 16.5 Å². The summed E-state index contributed by atoms with van der Waals surface area (Å²) in [6, 6.07) is 7.75. The lowest BCUT2D eigenvalue weighted by Gasteiger charge is -2.05. The Morgan fingerprint density at radius 1 is 1.36 bits per heavy atom.